The van der Waals surface area contributed by atoms with Gasteiger partial charge in [-0.1, -0.05) is 80.4 Å². The molecule has 12 rings (SSSR count). The Kier molecular flexibility index (Phi) is 23.0. The van der Waals surface area contributed by atoms with E-state index in [2.05, 4.69) is 62.4 Å². The Bertz CT molecular complexity index is 4800. The minimum atomic E-state index is -4.90. The zero-order valence-electron chi connectivity index (χ0n) is 56.1. The van der Waals surface area contributed by atoms with Crippen LogP contribution in [-0.2, 0) is 51.6 Å². The molecule has 4 N–H and O–H groups in total. The molecule has 22 nitrogen and oxygen atoms in total. The first-order chi connectivity index (χ1) is 51.1. The van der Waals surface area contributed by atoms with Gasteiger partial charge in [0.1, 0.15) is 36.1 Å². The molecule has 2 aliphatic heterocycles. The first-order valence-electron chi connectivity index (χ1n) is 32.4. The van der Waals surface area contributed by atoms with Gasteiger partial charge in [-0.05, 0) is 122 Å². The van der Waals surface area contributed by atoms with E-state index in [-0.39, 0.29) is 105 Å². The number of halogens is 14. The number of amides is 4. The van der Waals surface area contributed by atoms with E-state index in [9.17, 15) is 91.7 Å². The summed E-state index contributed by atoms with van der Waals surface area (Å²) in [6.45, 7) is 0.00297. The van der Waals surface area contributed by atoms with Crippen molar-refractivity contribution in [2.75, 3.05) is 13.2 Å². The largest absolute Gasteiger partial charge is 0.491 e. The Balaban J connectivity index is 0.000000215. The number of carbonyl (C=O) groups is 4. The lowest BCUT2D eigenvalue weighted by atomic mass is 10.1. The Hall–Kier alpha value is -11.0. The number of alkyl halides is 12. The van der Waals surface area contributed by atoms with Crippen molar-refractivity contribution in [2.24, 2.45) is 0 Å². The van der Waals surface area contributed by atoms with Crippen LogP contribution in [-0.4, -0.2) is 132 Å². The predicted molar refractivity (Wildman–Crippen MR) is 369 cm³/mol. The molecule has 0 unspecified atom stereocenters. The molecule has 10 aromatic rings. The highest BCUT2D eigenvalue weighted by Crippen LogP contribution is 2.39. The smallest absolute Gasteiger partial charge is 0.417 e. The third-order valence-electron chi connectivity index (χ3n) is 17.4. The lowest BCUT2D eigenvalue weighted by Gasteiger charge is -2.34. The Morgan fingerprint density at radius 2 is 0.843 bits per heavy atom. The van der Waals surface area contributed by atoms with Crippen LogP contribution >= 0.6 is 31.9 Å². The van der Waals surface area contributed by atoms with Crippen LogP contribution in [0.5, 0.6) is 11.5 Å². The summed E-state index contributed by atoms with van der Waals surface area (Å²) in [7, 11) is 0. The van der Waals surface area contributed by atoms with Crippen LogP contribution in [0.15, 0.2) is 189 Å². The van der Waals surface area contributed by atoms with Gasteiger partial charge in [0.15, 0.2) is 23.9 Å². The van der Waals surface area contributed by atoms with E-state index in [1.807, 2.05) is 0 Å². The predicted octanol–water partition coefficient (Wildman–Crippen LogP) is 12.3. The third kappa shape index (κ3) is 17.2. The standard InChI is InChI=1S/2C36H29BrF6N6O5/c2*1-20-17-48-28(18-47(20)33(52)21-7-12-27(37)26(15-21)35(38,39)40)30(32(51)46-16-22-5-2-3-6-25(22)31-44-13-4-14-45-31)49(34(48)53)23-8-10-24(11-9-23)54-19-29(50)36(41,42)43/h2*2-15,20,29,50H,16-19H2,1H3,(H,46,51)/t20-,29+;20-,29-/m01/s1. The zero-order valence-corrected chi connectivity index (χ0v) is 59.2. The number of aromatic nitrogens is 8. The van der Waals surface area contributed by atoms with Gasteiger partial charge in [-0.3, -0.25) is 37.4 Å². The van der Waals surface area contributed by atoms with Gasteiger partial charge in [-0.15, -0.1) is 0 Å². The number of benzene rings is 6. The van der Waals surface area contributed by atoms with Gasteiger partial charge in [0.25, 0.3) is 23.6 Å². The first kappa shape index (κ1) is 78.1. The molecule has 2 aliphatic rings. The monoisotopic (exact) mass is 1640 g/mol. The number of nitrogens with one attached hydrogen (secondary N) is 2. The minimum Gasteiger partial charge on any atom is -0.491 e. The summed E-state index contributed by atoms with van der Waals surface area (Å²) in [4.78, 5) is 104. The molecule has 4 amide bonds. The number of ether oxygens (including phenoxy) is 2. The van der Waals surface area contributed by atoms with Crippen molar-refractivity contribution in [3.63, 3.8) is 0 Å². The highest BCUT2D eigenvalue weighted by atomic mass is 79.9. The summed E-state index contributed by atoms with van der Waals surface area (Å²) in [6.07, 6.45) is -18.6. The summed E-state index contributed by atoms with van der Waals surface area (Å²) in [5.74, 6) is -2.36. The van der Waals surface area contributed by atoms with E-state index < -0.39 is 108 Å². The summed E-state index contributed by atoms with van der Waals surface area (Å²) in [5, 5.41) is 24.2. The topological polar surface area (TPSA) is 263 Å². The maximum atomic E-state index is 14.2. The lowest BCUT2D eigenvalue weighted by Crippen LogP contribution is -2.47. The highest BCUT2D eigenvalue weighted by Gasteiger charge is 2.43. The Labute approximate surface area is 620 Å². The van der Waals surface area contributed by atoms with Gasteiger partial charge in [-0.25, -0.2) is 29.5 Å². The van der Waals surface area contributed by atoms with Gasteiger partial charge in [0, 0.05) is 94.2 Å². The van der Waals surface area contributed by atoms with Crippen molar-refractivity contribution in [3.05, 3.63) is 256 Å². The molecule has 0 spiro atoms. The van der Waals surface area contributed by atoms with E-state index in [0.717, 1.165) is 33.4 Å². The molecule has 6 aromatic carbocycles. The molecule has 0 bridgehead atoms. The molecule has 4 aromatic heterocycles. The summed E-state index contributed by atoms with van der Waals surface area (Å²) < 4.78 is 173. The van der Waals surface area contributed by atoms with Crippen LogP contribution < -0.4 is 31.5 Å². The van der Waals surface area contributed by atoms with Crippen molar-refractivity contribution < 1.29 is 91.5 Å². The van der Waals surface area contributed by atoms with Gasteiger partial charge >= 0.3 is 36.1 Å². The number of imidazole rings is 2. The lowest BCUT2D eigenvalue weighted by molar-refractivity contribution is -0.211. The number of carbonyl (C=O) groups excluding carboxylic acids is 4. The number of rotatable bonds is 18. The second kappa shape index (κ2) is 31.8. The molecule has 4 atom stereocenters. The van der Waals surface area contributed by atoms with Crippen LogP contribution in [0.2, 0.25) is 0 Å². The molecule has 564 valence electrons. The average molecular weight is 1640 g/mol. The number of hydrogen-bond acceptors (Lipinski definition) is 14. The minimum absolute atomic E-state index is 0.0570. The van der Waals surface area contributed by atoms with Crippen molar-refractivity contribution >= 4 is 55.5 Å². The Morgan fingerprint density at radius 1 is 0.500 bits per heavy atom. The van der Waals surface area contributed by atoms with Gasteiger partial charge in [0.05, 0.1) is 47.0 Å². The number of hydrogen-bond donors (Lipinski definition) is 4. The summed E-state index contributed by atoms with van der Waals surface area (Å²) >= 11 is 5.76. The molecule has 0 saturated carbocycles. The normalized spacial score (nSPS) is 15.1. The molecule has 0 fully saturated rings. The van der Waals surface area contributed by atoms with Crippen LogP contribution in [0.1, 0.15) is 89.2 Å². The molecule has 0 aliphatic carbocycles. The molecule has 0 radical (unpaired) electrons. The number of aliphatic hydroxyl groups excluding tert-OH is 2. The Morgan fingerprint density at radius 3 is 1.18 bits per heavy atom. The van der Waals surface area contributed by atoms with Gasteiger partial charge < -0.3 is 40.1 Å². The highest BCUT2D eigenvalue weighted by molar-refractivity contribution is 9.10. The van der Waals surface area contributed by atoms with E-state index in [0.29, 0.717) is 33.9 Å². The van der Waals surface area contributed by atoms with Crippen LogP contribution in [0, 0.1) is 0 Å². The summed E-state index contributed by atoms with van der Waals surface area (Å²) in [5.41, 5.74) is -1.46. The van der Waals surface area contributed by atoms with Crippen LogP contribution in [0.4, 0.5) is 52.7 Å². The van der Waals surface area contributed by atoms with E-state index in [1.165, 1.54) is 79.6 Å². The van der Waals surface area contributed by atoms with Crippen molar-refractivity contribution in [1.82, 2.24) is 58.6 Å². The zero-order chi connectivity index (χ0) is 77.9. The van der Waals surface area contributed by atoms with Crippen LogP contribution in [0.3, 0.4) is 0 Å². The second-order valence-electron chi connectivity index (χ2n) is 24.5. The molecule has 108 heavy (non-hydrogen) atoms. The maximum Gasteiger partial charge on any atom is 0.417 e. The van der Waals surface area contributed by atoms with E-state index >= 15 is 0 Å². The number of nitrogens with zero attached hydrogens (tertiary/aromatic N) is 10. The van der Waals surface area contributed by atoms with Crippen LogP contribution in [0.25, 0.3) is 34.2 Å². The first-order valence-corrected chi connectivity index (χ1v) is 33.9. The maximum absolute atomic E-state index is 14.2. The fourth-order valence-electron chi connectivity index (χ4n) is 11.9. The molecule has 0 saturated heterocycles. The number of aliphatic hydroxyl groups is 2. The van der Waals surface area contributed by atoms with E-state index in [1.54, 1.807) is 99.3 Å². The van der Waals surface area contributed by atoms with E-state index in [4.69, 9.17) is 9.47 Å². The quantitative estimate of drug-likeness (QED) is 0.0582. The van der Waals surface area contributed by atoms with Crippen molar-refractivity contribution in [1.29, 1.82) is 0 Å². The number of fused-ring (bicyclic) bond motifs is 2. The second-order valence-corrected chi connectivity index (χ2v) is 26.3. The molecule has 6 heterocycles. The fraction of sp³-hybridized carbons (Fsp3) is 0.250. The molecule has 36 heteroatoms. The molecular formula is C72H58Br2F12N12O10. The average Bonchev–Trinajstić information content (AvgIpc) is 1.59. The fourth-order valence-corrected chi connectivity index (χ4v) is 12.9. The van der Waals surface area contributed by atoms with Crippen molar-refractivity contribution in [2.45, 2.75) is 102 Å². The van der Waals surface area contributed by atoms with Gasteiger partial charge in [0.2, 0.25) is 0 Å². The SMILES string of the molecule is C[C@@H]1Cn2c(c(C(=O)NCc3ccccc3-c3ncccn3)n(-c3ccc(OC[C@@H](O)C(F)(F)F)cc3)c2=O)CN1C(=O)c1ccc(Br)c(C(F)(F)F)c1.C[C@H]1Cn2c(c(C(=O)NCc3ccccc3-c3ncccn3)n(-c3ccc(OC[C@@H](O)C(F)(F)F)cc3)c2=O)CN1C(=O)c1ccc(Br)c(C(F)(F)F)c1. The summed E-state index contributed by atoms with van der Waals surface area (Å²) in [6, 6.07) is 32.4. The van der Waals surface area contributed by atoms with Gasteiger partial charge in [-0.2, -0.15) is 52.7 Å². The third-order valence-corrected chi connectivity index (χ3v) is 18.7. The van der Waals surface area contributed by atoms with Crippen molar-refractivity contribution in [3.8, 4) is 45.6 Å². The molecular weight excluding hydrogens is 1580 g/mol.